The molecule has 2 heterocycles. The van der Waals surface area contributed by atoms with E-state index < -0.39 is 10.0 Å². The molecule has 2 aliphatic rings. The predicted octanol–water partition coefficient (Wildman–Crippen LogP) is 2.13. The summed E-state index contributed by atoms with van der Waals surface area (Å²) in [6.45, 7) is 1.04. The topological polar surface area (TPSA) is 42.4 Å². The Morgan fingerprint density at radius 1 is 1.40 bits per heavy atom. The van der Waals surface area contributed by atoms with Crippen LogP contribution in [0.4, 0.5) is 5.82 Å². The van der Waals surface area contributed by atoms with Crippen molar-refractivity contribution in [2.24, 2.45) is 0 Å². The first kappa shape index (κ1) is 13.9. The van der Waals surface area contributed by atoms with Crippen LogP contribution in [0.15, 0.2) is 18.3 Å². The van der Waals surface area contributed by atoms with E-state index in [4.69, 9.17) is 4.74 Å². The van der Waals surface area contributed by atoms with Gasteiger partial charge in [0.05, 0.1) is 12.0 Å². The fourth-order valence-corrected chi connectivity index (χ4v) is 3.27. The molecule has 1 spiro atoms. The third kappa shape index (κ3) is 2.33. The minimum absolute atomic E-state index is 0.175. The normalized spacial score (nSPS) is 20.4. The van der Waals surface area contributed by atoms with E-state index >= 15 is 0 Å². The minimum atomic E-state index is -0.548. The zero-order chi connectivity index (χ0) is 14.4. The molecule has 0 saturated heterocycles. The molecule has 110 valence electrons. The summed E-state index contributed by atoms with van der Waals surface area (Å²) in [5, 5.41) is 0. The summed E-state index contributed by atoms with van der Waals surface area (Å²) in [7, 11) is -0.548. The zero-order valence-electron chi connectivity index (χ0n) is 12.4. The molecule has 1 aliphatic heterocycles. The van der Waals surface area contributed by atoms with Gasteiger partial charge in [0.15, 0.2) is 0 Å². The second-order valence-corrected chi connectivity index (χ2v) is 11.1. The summed E-state index contributed by atoms with van der Waals surface area (Å²) in [5.41, 5.74) is 0.831. The Morgan fingerprint density at radius 3 is 2.80 bits per heavy atom. The first-order valence-electron chi connectivity index (χ1n) is 6.95. The van der Waals surface area contributed by atoms with E-state index in [0.717, 1.165) is 30.0 Å². The highest BCUT2D eigenvalue weighted by Gasteiger charge is 2.59. The van der Waals surface area contributed by atoms with E-state index in [-0.39, 0.29) is 11.3 Å². The van der Waals surface area contributed by atoms with Crippen LogP contribution in [0.25, 0.3) is 0 Å². The van der Waals surface area contributed by atoms with Crippen molar-refractivity contribution in [1.82, 2.24) is 4.98 Å². The summed E-state index contributed by atoms with van der Waals surface area (Å²) in [6, 6.07) is 3.95. The van der Waals surface area contributed by atoms with Crippen LogP contribution in [0.1, 0.15) is 18.4 Å². The number of pyridine rings is 1. The van der Waals surface area contributed by atoms with Crippen LogP contribution in [-0.4, -0.2) is 48.7 Å². The van der Waals surface area contributed by atoms with Crippen LogP contribution in [0.2, 0.25) is 0 Å². The van der Waals surface area contributed by atoms with Gasteiger partial charge in [0.1, 0.15) is 12.5 Å². The van der Waals surface area contributed by atoms with Crippen molar-refractivity contribution in [3.63, 3.8) is 0 Å². The maximum absolute atomic E-state index is 12.5. The fraction of sp³-hybridized carbons (Fsp3) is 0.600. The molecule has 20 heavy (non-hydrogen) atoms. The molecule has 1 fully saturated rings. The molecule has 0 radical (unpaired) electrons. The Bertz CT molecular complexity index is 535. The maximum atomic E-state index is 12.5. The number of nitrogens with zero attached hydrogens (tertiary/aromatic N) is 2. The van der Waals surface area contributed by atoms with E-state index in [0.29, 0.717) is 13.3 Å². The van der Waals surface area contributed by atoms with Crippen molar-refractivity contribution >= 4 is 21.8 Å². The molecule has 1 aromatic rings. The van der Waals surface area contributed by atoms with E-state index in [2.05, 4.69) is 23.8 Å². The highest BCUT2D eigenvalue weighted by molar-refractivity contribution is 8.32. The summed E-state index contributed by atoms with van der Waals surface area (Å²) in [6.07, 6.45) is 10.5. The number of amides is 1. The van der Waals surface area contributed by atoms with Crippen molar-refractivity contribution in [1.29, 1.82) is 0 Å². The summed E-state index contributed by atoms with van der Waals surface area (Å²) in [4.78, 5) is 18.7. The highest BCUT2D eigenvalue weighted by atomic mass is 32.3. The first-order valence-corrected chi connectivity index (χ1v) is 9.98. The van der Waals surface area contributed by atoms with Gasteiger partial charge in [0.25, 0.3) is 0 Å². The monoisotopic (exact) mass is 294 g/mol. The Kier molecular flexibility index (Phi) is 3.29. The van der Waals surface area contributed by atoms with Crippen LogP contribution >= 0.6 is 10.0 Å². The second kappa shape index (κ2) is 4.74. The number of fused-ring (bicyclic) bond motifs is 2. The average molecular weight is 294 g/mol. The maximum Gasteiger partial charge on any atom is 0.240 e. The molecule has 1 aliphatic carbocycles. The molecule has 1 amide bonds. The van der Waals surface area contributed by atoms with Gasteiger partial charge in [0.2, 0.25) is 5.91 Å². The summed E-state index contributed by atoms with van der Waals surface area (Å²) < 4.78 is 5.73. The molecule has 4 nitrogen and oxygen atoms in total. The van der Waals surface area contributed by atoms with Crippen LogP contribution in [0.5, 0.6) is 0 Å². The Labute approximate surface area is 121 Å². The third-order valence-corrected chi connectivity index (χ3v) is 5.41. The van der Waals surface area contributed by atoms with Gasteiger partial charge in [-0.05, 0) is 37.7 Å². The lowest BCUT2D eigenvalue weighted by Crippen LogP contribution is -2.34. The molecule has 0 atom stereocenters. The minimum Gasteiger partial charge on any atom is -0.360 e. The van der Waals surface area contributed by atoms with Gasteiger partial charge in [-0.2, -0.15) is 0 Å². The van der Waals surface area contributed by atoms with E-state index in [1.54, 1.807) is 11.1 Å². The van der Waals surface area contributed by atoms with Gasteiger partial charge in [-0.15, -0.1) is 0 Å². The predicted molar refractivity (Wildman–Crippen MR) is 83.7 cm³/mol. The lowest BCUT2D eigenvalue weighted by molar-refractivity contribution is -0.121. The lowest BCUT2D eigenvalue weighted by atomic mass is 10.00. The summed E-state index contributed by atoms with van der Waals surface area (Å²) >= 11 is 0. The Morgan fingerprint density at radius 2 is 2.15 bits per heavy atom. The SMILES string of the molecule is CS(C)(C)CCOCN1C(=O)C2(CC2)c2cccnc21. The van der Waals surface area contributed by atoms with Crippen LogP contribution in [0.3, 0.4) is 0 Å². The number of rotatable bonds is 5. The van der Waals surface area contributed by atoms with Crippen LogP contribution in [0, 0.1) is 0 Å². The molecular formula is C15H22N2O2S. The number of carbonyl (C=O) groups excluding carboxylic acids is 1. The second-order valence-electron chi connectivity index (χ2n) is 6.52. The molecule has 0 unspecified atom stereocenters. The molecule has 0 bridgehead atoms. The van der Waals surface area contributed by atoms with Crippen LogP contribution in [-0.2, 0) is 14.9 Å². The molecule has 1 aromatic heterocycles. The third-order valence-electron chi connectivity index (χ3n) is 4.02. The van der Waals surface area contributed by atoms with E-state index in [1.165, 1.54) is 0 Å². The van der Waals surface area contributed by atoms with Crippen molar-refractivity contribution in [2.75, 3.05) is 42.8 Å². The quantitative estimate of drug-likeness (QED) is 0.781. The van der Waals surface area contributed by atoms with Gasteiger partial charge in [-0.1, -0.05) is 6.07 Å². The van der Waals surface area contributed by atoms with Crippen molar-refractivity contribution < 1.29 is 9.53 Å². The van der Waals surface area contributed by atoms with Crippen molar-refractivity contribution in [3.05, 3.63) is 23.9 Å². The van der Waals surface area contributed by atoms with E-state index in [9.17, 15) is 4.79 Å². The Hall–Kier alpha value is -1.07. The summed E-state index contributed by atoms with van der Waals surface area (Å²) in [5.74, 6) is 2.04. The number of aromatic nitrogens is 1. The van der Waals surface area contributed by atoms with Gasteiger partial charge in [-0.3, -0.25) is 9.69 Å². The van der Waals surface area contributed by atoms with Gasteiger partial charge in [0, 0.05) is 17.5 Å². The average Bonchev–Trinajstić information content (AvgIpc) is 3.14. The largest absolute Gasteiger partial charge is 0.360 e. The zero-order valence-corrected chi connectivity index (χ0v) is 13.2. The van der Waals surface area contributed by atoms with Crippen molar-refractivity contribution in [2.45, 2.75) is 18.3 Å². The first-order chi connectivity index (χ1) is 9.44. The lowest BCUT2D eigenvalue weighted by Gasteiger charge is -2.25. The van der Waals surface area contributed by atoms with E-state index in [1.807, 2.05) is 12.1 Å². The van der Waals surface area contributed by atoms with Crippen molar-refractivity contribution in [3.8, 4) is 0 Å². The van der Waals surface area contributed by atoms with Gasteiger partial charge < -0.3 is 4.74 Å². The molecule has 1 saturated carbocycles. The number of carbonyl (C=O) groups is 1. The number of ether oxygens (including phenoxy) is 1. The standard InChI is InChI=1S/C15H22N2O2S/c1-20(2,3)10-9-19-11-17-13-12(5-4-8-16-13)15(6-7-15)14(17)18/h4-5,8H,6-7,9-11H2,1-3H3. The number of hydrogen-bond acceptors (Lipinski definition) is 3. The number of hydrogen-bond donors (Lipinski definition) is 0. The molecule has 5 heteroatoms. The fourth-order valence-electron chi connectivity index (χ4n) is 2.65. The number of anilines is 1. The smallest absolute Gasteiger partial charge is 0.240 e. The van der Waals surface area contributed by atoms with Crippen LogP contribution < -0.4 is 4.90 Å². The highest BCUT2D eigenvalue weighted by Crippen LogP contribution is 2.56. The van der Waals surface area contributed by atoms with Gasteiger partial charge in [-0.25, -0.2) is 15.0 Å². The van der Waals surface area contributed by atoms with Gasteiger partial charge >= 0.3 is 0 Å². The molecule has 3 rings (SSSR count). The molecule has 0 aromatic carbocycles. The Balaban J connectivity index is 1.67. The molecule has 0 N–H and O–H groups in total. The molecular weight excluding hydrogens is 272 g/mol.